The average Bonchev–Trinajstić information content (AvgIpc) is 3.27. The van der Waals surface area contributed by atoms with Crippen LogP contribution < -0.4 is 5.32 Å². The average molecular weight is 446 g/mol. The summed E-state index contributed by atoms with van der Waals surface area (Å²) < 4.78 is 13.9. The van der Waals surface area contributed by atoms with E-state index in [1.807, 2.05) is 13.1 Å². The number of nitrogens with zero attached hydrogens (tertiary/aromatic N) is 3. The Morgan fingerprint density at radius 1 is 1.15 bits per heavy atom. The molecule has 1 aromatic carbocycles. The van der Waals surface area contributed by atoms with Crippen molar-refractivity contribution in [3.05, 3.63) is 65.6 Å². The normalized spacial score (nSPS) is 19.6. The molecule has 3 aromatic heterocycles. The summed E-state index contributed by atoms with van der Waals surface area (Å²) in [6.45, 7) is 4.67. The molecule has 2 N–H and O–H groups in total. The standard InChI is InChI=1S/C26H28FN5O/c1-3-28-26(33)23-13-22-24(14-30-23)32-25(31-22)15(2)16-4-6-17(7-5-16)19-10-11-29-21-9-8-18(27)12-20(19)21/h8-17H,3-7H2,1-2H3,(H,28,33)(H,31,32). The van der Waals surface area contributed by atoms with Crippen molar-refractivity contribution in [3.8, 4) is 0 Å². The van der Waals surface area contributed by atoms with Gasteiger partial charge in [0.15, 0.2) is 0 Å². The molecule has 33 heavy (non-hydrogen) atoms. The molecule has 0 spiro atoms. The first-order chi connectivity index (χ1) is 16.0. The fraction of sp³-hybridized carbons (Fsp3) is 0.385. The van der Waals surface area contributed by atoms with Crippen molar-refractivity contribution < 1.29 is 9.18 Å². The number of hydrogen-bond acceptors (Lipinski definition) is 4. The van der Waals surface area contributed by atoms with E-state index in [2.05, 4.69) is 33.3 Å². The Kier molecular flexibility index (Phi) is 5.79. The van der Waals surface area contributed by atoms with Crippen LogP contribution in [0.5, 0.6) is 0 Å². The number of halogens is 1. The van der Waals surface area contributed by atoms with Gasteiger partial charge < -0.3 is 10.3 Å². The third-order valence-corrected chi connectivity index (χ3v) is 7.04. The van der Waals surface area contributed by atoms with E-state index >= 15 is 0 Å². The van der Waals surface area contributed by atoms with Crippen LogP contribution in [0.2, 0.25) is 0 Å². The van der Waals surface area contributed by atoms with Gasteiger partial charge in [-0.2, -0.15) is 0 Å². The van der Waals surface area contributed by atoms with Crippen LogP contribution in [0.3, 0.4) is 0 Å². The van der Waals surface area contributed by atoms with Crippen LogP contribution in [-0.2, 0) is 0 Å². The largest absolute Gasteiger partial charge is 0.351 e. The van der Waals surface area contributed by atoms with Crippen molar-refractivity contribution in [3.63, 3.8) is 0 Å². The first kappa shape index (κ1) is 21.5. The van der Waals surface area contributed by atoms with Crippen molar-refractivity contribution >= 4 is 27.8 Å². The number of carbonyl (C=O) groups is 1. The summed E-state index contributed by atoms with van der Waals surface area (Å²) in [5.41, 5.74) is 4.07. The predicted molar refractivity (Wildman–Crippen MR) is 127 cm³/mol. The number of carbonyl (C=O) groups excluding carboxylic acids is 1. The number of nitrogens with one attached hydrogen (secondary N) is 2. The quantitative estimate of drug-likeness (QED) is 0.427. The Morgan fingerprint density at radius 3 is 2.76 bits per heavy atom. The predicted octanol–water partition coefficient (Wildman–Crippen LogP) is 5.47. The maximum atomic E-state index is 13.9. The zero-order valence-electron chi connectivity index (χ0n) is 18.9. The smallest absolute Gasteiger partial charge is 0.269 e. The second-order valence-electron chi connectivity index (χ2n) is 9.03. The molecule has 1 atom stereocenters. The molecule has 7 heteroatoms. The lowest BCUT2D eigenvalue weighted by atomic mass is 9.73. The Bertz CT molecular complexity index is 1310. The maximum absolute atomic E-state index is 13.9. The molecular formula is C26H28FN5O. The summed E-state index contributed by atoms with van der Waals surface area (Å²) in [6, 6.07) is 8.64. The number of H-pyrrole nitrogens is 1. The summed E-state index contributed by atoms with van der Waals surface area (Å²) in [6.07, 6.45) is 7.83. The first-order valence-corrected chi connectivity index (χ1v) is 11.7. The zero-order valence-corrected chi connectivity index (χ0v) is 18.9. The molecule has 0 radical (unpaired) electrons. The third-order valence-electron chi connectivity index (χ3n) is 7.04. The van der Waals surface area contributed by atoms with Gasteiger partial charge in [0.05, 0.1) is 22.7 Å². The van der Waals surface area contributed by atoms with Gasteiger partial charge in [-0.05, 0) is 80.3 Å². The molecule has 1 unspecified atom stereocenters. The number of hydrogen-bond donors (Lipinski definition) is 2. The van der Waals surface area contributed by atoms with Crippen molar-refractivity contribution in [2.45, 2.75) is 51.4 Å². The molecule has 4 aromatic rings. The lowest BCUT2D eigenvalue weighted by Gasteiger charge is -2.32. The minimum absolute atomic E-state index is 0.182. The van der Waals surface area contributed by atoms with E-state index < -0.39 is 0 Å². The monoisotopic (exact) mass is 445 g/mol. The van der Waals surface area contributed by atoms with Gasteiger partial charge in [-0.3, -0.25) is 9.78 Å². The minimum atomic E-state index is -0.214. The number of rotatable bonds is 5. The molecule has 0 bridgehead atoms. The van der Waals surface area contributed by atoms with Gasteiger partial charge in [-0.25, -0.2) is 14.4 Å². The molecule has 1 amide bonds. The Balaban J connectivity index is 1.31. The van der Waals surface area contributed by atoms with Crippen LogP contribution in [0.15, 0.2) is 42.7 Å². The van der Waals surface area contributed by atoms with E-state index in [9.17, 15) is 9.18 Å². The van der Waals surface area contributed by atoms with Gasteiger partial charge in [0.2, 0.25) is 0 Å². The summed E-state index contributed by atoms with van der Waals surface area (Å²) in [5.74, 6) is 1.76. The number of imidazole rings is 1. The van der Waals surface area contributed by atoms with Crippen LogP contribution in [-0.4, -0.2) is 32.4 Å². The fourth-order valence-electron chi connectivity index (χ4n) is 5.17. The topological polar surface area (TPSA) is 83.6 Å². The second-order valence-corrected chi connectivity index (χ2v) is 9.03. The number of aromatic amines is 1. The second kappa shape index (κ2) is 8.89. The van der Waals surface area contributed by atoms with Gasteiger partial charge in [0.1, 0.15) is 17.3 Å². The number of fused-ring (bicyclic) bond motifs is 2. The highest BCUT2D eigenvalue weighted by molar-refractivity contribution is 5.95. The van der Waals surface area contributed by atoms with Crippen LogP contribution in [0.4, 0.5) is 4.39 Å². The molecule has 3 heterocycles. The van der Waals surface area contributed by atoms with E-state index in [1.54, 1.807) is 24.4 Å². The maximum Gasteiger partial charge on any atom is 0.269 e. The van der Waals surface area contributed by atoms with Gasteiger partial charge in [0.25, 0.3) is 5.91 Å². The lowest BCUT2D eigenvalue weighted by Crippen LogP contribution is -2.23. The van der Waals surface area contributed by atoms with E-state index in [4.69, 9.17) is 4.98 Å². The Labute approximate surface area is 192 Å². The van der Waals surface area contributed by atoms with Crippen molar-refractivity contribution in [1.29, 1.82) is 0 Å². The summed E-state index contributed by atoms with van der Waals surface area (Å²) in [7, 11) is 0. The fourth-order valence-corrected chi connectivity index (χ4v) is 5.17. The molecule has 6 nitrogen and oxygen atoms in total. The van der Waals surface area contributed by atoms with Crippen LogP contribution in [0, 0.1) is 11.7 Å². The van der Waals surface area contributed by atoms with E-state index in [1.165, 1.54) is 11.6 Å². The van der Waals surface area contributed by atoms with Gasteiger partial charge in [0, 0.05) is 24.0 Å². The van der Waals surface area contributed by atoms with Gasteiger partial charge in [-0.15, -0.1) is 0 Å². The Hall–Kier alpha value is -3.35. The lowest BCUT2D eigenvalue weighted by molar-refractivity contribution is 0.0951. The summed E-state index contributed by atoms with van der Waals surface area (Å²) in [4.78, 5) is 29.0. The summed E-state index contributed by atoms with van der Waals surface area (Å²) >= 11 is 0. The van der Waals surface area contributed by atoms with E-state index in [0.29, 0.717) is 24.1 Å². The van der Waals surface area contributed by atoms with Crippen LogP contribution >= 0.6 is 0 Å². The van der Waals surface area contributed by atoms with Crippen molar-refractivity contribution in [2.24, 2.45) is 5.92 Å². The molecule has 1 fully saturated rings. The number of pyridine rings is 2. The van der Waals surface area contributed by atoms with Crippen LogP contribution in [0.25, 0.3) is 21.9 Å². The number of aromatic nitrogens is 4. The molecule has 5 rings (SSSR count). The number of benzene rings is 1. The molecule has 1 aliphatic carbocycles. The first-order valence-electron chi connectivity index (χ1n) is 11.7. The molecular weight excluding hydrogens is 417 g/mol. The van der Waals surface area contributed by atoms with E-state index in [0.717, 1.165) is 53.4 Å². The molecule has 0 saturated heterocycles. The SMILES string of the molecule is CCNC(=O)c1cc2nc(C(C)C3CCC(c4ccnc5ccc(F)cc45)CC3)[nH]c2cn1. The number of amides is 1. The zero-order chi connectivity index (χ0) is 22.9. The summed E-state index contributed by atoms with van der Waals surface area (Å²) in [5, 5.41) is 3.71. The Morgan fingerprint density at radius 2 is 1.97 bits per heavy atom. The molecule has 0 aliphatic heterocycles. The van der Waals surface area contributed by atoms with Gasteiger partial charge in [-0.1, -0.05) is 6.92 Å². The van der Waals surface area contributed by atoms with Crippen molar-refractivity contribution in [2.75, 3.05) is 6.54 Å². The van der Waals surface area contributed by atoms with E-state index in [-0.39, 0.29) is 17.6 Å². The minimum Gasteiger partial charge on any atom is -0.351 e. The molecule has 170 valence electrons. The van der Waals surface area contributed by atoms with Crippen LogP contribution in [0.1, 0.15) is 73.2 Å². The molecule has 1 aliphatic rings. The van der Waals surface area contributed by atoms with Gasteiger partial charge >= 0.3 is 0 Å². The third kappa shape index (κ3) is 4.19. The highest BCUT2D eigenvalue weighted by Gasteiger charge is 2.29. The highest BCUT2D eigenvalue weighted by Crippen LogP contribution is 2.42. The molecule has 1 saturated carbocycles. The van der Waals surface area contributed by atoms with Crippen molar-refractivity contribution in [1.82, 2.24) is 25.3 Å². The highest BCUT2D eigenvalue weighted by atomic mass is 19.1.